The summed E-state index contributed by atoms with van der Waals surface area (Å²) in [5.41, 5.74) is 1.24. The first-order chi connectivity index (χ1) is 17.3. The molecule has 0 bridgehead atoms. The van der Waals surface area contributed by atoms with Gasteiger partial charge in [0.25, 0.3) is 11.5 Å². The normalized spacial score (nSPS) is 14.8. The Morgan fingerprint density at radius 1 is 1.06 bits per heavy atom. The molecule has 4 aromatic rings. The number of carbonyl (C=O) groups is 1. The largest absolute Gasteiger partial charge is 0.435 e. The van der Waals surface area contributed by atoms with E-state index in [0.717, 1.165) is 11.8 Å². The third kappa shape index (κ3) is 4.52. The summed E-state index contributed by atoms with van der Waals surface area (Å²) in [6.45, 7) is 1.93. The van der Waals surface area contributed by atoms with E-state index in [1.165, 1.54) is 45.7 Å². The molecular weight excluding hydrogens is 504 g/mol. The average Bonchev–Trinajstić information content (AvgIpc) is 3.12. The van der Waals surface area contributed by atoms with Crippen LogP contribution in [0.4, 0.5) is 8.78 Å². The molecule has 3 heterocycles. The van der Waals surface area contributed by atoms with Crippen LogP contribution in [0, 0.1) is 18.6 Å². The van der Waals surface area contributed by atoms with Crippen LogP contribution in [0.3, 0.4) is 0 Å². The van der Waals surface area contributed by atoms with E-state index < -0.39 is 17.3 Å². The maximum Gasteiger partial charge on any atom is 0.269 e. The Balaban J connectivity index is 1.58. The van der Waals surface area contributed by atoms with Gasteiger partial charge in [0.15, 0.2) is 11.6 Å². The minimum absolute atomic E-state index is 0.0244. The molecule has 2 aromatic carbocycles. The number of rotatable bonds is 5. The number of aryl methyl sites for hydroxylation is 1. The third-order valence-corrected chi connectivity index (χ3v) is 6.87. The predicted octanol–water partition coefficient (Wildman–Crippen LogP) is 5.47. The Bertz CT molecular complexity index is 1620. The van der Waals surface area contributed by atoms with Gasteiger partial charge in [-0.3, -0.25) is 18.9 Å². The van der Waals surface area contributed by atoms with E-state index in [9.17, 15) is 18.4 Å². The van der Waals surface area contributed by atoms with E-state index in [0.29, 0.717) is 16.8 Å². The standard InChI is InChI=1S/C26H17F2N3O3S2/c1-15-5-4-12-30-22(15)29-23(34-20-7-3-2-6-19(20)28)18(24(30)32)13-21-25(33)31(26(35)36-21)14-16-8-10-17(27)11-9-16/h2-13H,14H2,1H3/b21-13+. The summed E-state index contributed by atoms with van der Waals surface area (Å²) < 4.78 is 35.0. The number of fused-ring (bicyclic) bond motifs is 1. The van der Waals surface area contributed by atoms with Crippen LogP contribution in [0.15, 0.2) is 76.6 Å². The quantitative estimate of drug-likeness (QED) is 0.256. The number of benzene rings is 2. The maximum atomic E-state index is 14.3. The van der Waals surface area contributed by atoms with Crippen LogP contribution < -0.4 is 10.3 Å². The fourth-order valence-corrected chi connectivity index (χ4v) is 4.90. The van der Waals surface area contributed by atoms with Crippen LogP contribution in [0.25, 0.3) is 11.7 Å². The van der Waals surface area contributed by atoms with Crippen LogP contribution in [0.2, 0.25) is 0 Å². The first-order valence-corrected chi connectivity index (χ1v) is 12.0. The predicted molar refractivity (Wildman–Crippen MR) is 138 cm³/mol. The van der Waals surface area contributed by atoms with E-state index in [2.05, 4.69) is 4.98 Å². The van der Waals surface area contributed by atoms with Gasteiger partial charge < -0.3 is 4.74 Å². The summed E-state index contributed by atoms with van der Waals surface area (Å²) in [5, 5.41) is 0. The van der Waals surface area contributed by atoms with Crippen molar-refractivity contribution in [1.82, 2.24) is 14.3 Å². The zero-order valence-corrected chi connectivity index (χ0v) is 20.4. The van der Waals surface area contributed by atoms with Gasteiger partial charge >= 0.3 is 0 Å². The number of carbonyl (C=O) groups excluding carboxylic acids is 1. The molecule has 2 aromatic heterocycles. The summed E-state index contributed by atoms with van der Waals surface area (Å²) in [5.74, 6) is -1.67. The van der Waals surface area contributed by atoms with Gasteiger partial charge in [0, 0.05) is 6.20 Å². The van der Waals surface area contributed by atoms with Crippen molar-refractivity contribution in [1.29, 1.82) is 0 Å². The number of amides is 1. The van der Waals surface area contributed by atoms with Gasteiger partial charge in [0.2, 0.25) is 5.88 Å². The number of hydrogen-bond donors (Lipinski definition) is 0. The highest BCUT2D eigenvalue weighted by molar-refractivity contribution is 8.26. The number of thioether (sulfide) groups is 1. The lowest BCUT2D eigenvalue weighted by molar-refractivity contribution is -0.122. The van der Waals surface area contributed by atoms with Crippen molar-refractivity contribution < 1.29 is 18.3 Å². The minimum atomic E-state index is -0.624. The van der Waals surface area contributed by atoms with E-state index in [-0.39, 0.29) is 38.8 Å². The molecule has 0 spiro atoms. The molecule has 6 nitrogen and oxygen atoms in total. The lowest BCUT2D eigenvalue weighted by atomic mass is 10.2. The number of ether oxygens (including phenoxy) is 1. The lowest BCUT2D eigenvalue weighted by Gasteiger charge is -2.14. The SMILES string of the molecule is Cc1cccn2c(=O)c(/C=C3/SC(=S)N(Cc4ccc(F)cc4)C3=O)c(Oc3ccccc3F)nc12. The van der Waals surface area contributed by atoms with Gasteiger partial charge in [-0.15, -0.1) is 0 Å². The van der Waals surface area contributed by atoms with Crippen LogP contribution in [-0.4, -0.2) is 24.5 Å². The van der Waals surface area contributed by atoms with Crippen molar-refractivity contribution in [3.05, 3.63) is 110 Å². The van der Waals surface area contributed by atoms with Crippen LogP contribution in [-0.2, 0) is 11.3 Å². The van der Waals surface area contributed by atoms with E-state index in [1.54, 1.807) is 43.5 Å². The second-order valence-electron chi connectivity index (χ2n) is 7.95. The van der Waals surface area contributed by atoms with Gasteiger partial charge in [-0.25, -0.2) is 8.78 Å². The van der Waals surface area contributed by atoms with E-state index >= 15 is 0 Å². The minimum Gasteiger partial charge on any atom is -0.435 e. The summed E-state index contributed by atoms with van der Waals surface area (Å²) in [4.78, 5) is 32.7. The van der Waals surface area contributed by atoms with Crippen LogP contribution >= 0.6 is 24.0 Å². The molecule has 0 saturated carbocycles. The molecule has 36 heavy (non-hydrogen) atoms. The Kier molecular flexibility index (Phi) is 6.38. The molecule has 1 saturated heterocycles. The first-order valence-electron chi connectivity index (χ1n) is 10.8. The van der Waals surface area contributed by atoms with Crippen molar-refractivity contribution in [2.24, 2.45) is 0 Å². The monoisotopic (exact) mass is 521 g/mol. The number of aromatic nitrogens is 2. The fourth-order valence-electron chi connectivity index (χ4n) is 3.66. The number of pyridine rings is 1. The van der Waals surface area contributed by atoms with Gasteiger partial charge in [0.05, 0.1) is 11.4 Å². The van der Waals surface area contributed by atoms with Crippen molar-refractivity contribution in [3.8, 4) is 11.6 Å². The molecular formula is C26H17F2N3O3S2. The summed E-state index contributed by atoms with van der Waals surface area (Å²) >= 11 is 6.41. The highest BCUT2D eigenvalue weighted by Gasteiger charge is 2.33. The topological polar surface area (TPSA) is 63.9 Å². The first kappa shape index (κ1) is 23.8. The van der Waals surface area contributed by atoms with Crippen LogP contribution in [0.5, 0.6) is 11.6 Å². The fraction of sp³-hybridized carbons (Fsp3) is 0.0769. The number of halogens is 2. The van der Waals surface area contributed by atoms with Gasteiger partial charge in [0.1, 0.15) is 21.3 Å². The molecule has 0 radical (unpaired) electrons. The zero-order valence-electron chi connectivity index (χ0n) is 18.8. The smallest absolute Gasteiger partial charge is 0.269 e. The maximum absolute atomic E-state index is 14.3. The highest BCUT2D eigenvalue weighted by Crippen LogP contribution is 2.35. The molecule has 180 valence electrons. The summed E-state index contributed by atoms with van der Waals surface area (Å²) in [6, 6.07) is 15.0. The Morgan fingerprint density at radius 3 is 2.56 bits per heavy atom. The molecule has 5 rings (SSSR count). The van der Waals surface area contributed by atoms with Crippen molar-refractivity contribution in [3.63, 3.8) is 0 Å². The molecule has 10 heteroatoms. The third-order valence-electron chi connectivity index (χ3n) is 5.50. The van der Waals surface area contributed by atoms with Crippen molar-refractivity contribution in [2.75, 3.05) is 0 Å². The number of thiocarbonyl (C=S) groups is 1. The molecule has 1 aliphatic heterocycles. The molecule has 1 amide bonds. The number of hydrogen-bond acceptors (Lipinski definition) is 6. The molecule has 1 aliphatic rings. The van der Waals surface area contributed by atoms with Gasteiger partial charge in [-0.1, -0.05) is 54.3 Å². The molecule has 0 atom stereocenters. The van der Waals surface area contributed by atoms with Gasteiger partial charge in [-0.2, -0.15) is 4.98 Å². The number of nitrogens with zero attached hydrogens (tertiary/aromatic N) is 3. The van der Waals surface area contributed by atoms with Crippen molar-refractivity contribution >= 4 is 45.9 Å². The second-order valence-corrected chi connectivity index (χ2v) is 9.62. The second kappa shape index (κ2) is 9.63. The molecule has 1 fully saturated rings. The Hall–Kier alpha value is -3.89. The summed E-state index contributed by atoms with van der Waals surface area (Å²) in [6.07, 6.45) is 2.92. The van der Waals surface area contributed by atoms with Gasteiger partial charge in [-0.05, 0) is 54.5 Å². The van der Waals surface area contributed by atoms with Crippen LogP contribution in [0.1, 0.15) is 16.7 Å². The summed E-state index contributed by atoms with van der Waals surface area (Å²) in [7, 11) is 0. The Morgan fingerprint density at radius 2 is 1.81 bits per heavy atom. The highest BCUT2D eigenvalue weighted by atomic mass is 32.2. The molecule has 0 N–H and O–H groups in total. The number of para-hydroxylation sites is 1. The van der Waals surface area contributed by atoms with E-state index in [4.69, 9.17) is 17.0 Å². The lowest BCUT2D eigenvalue weighted by Crippen LogP contribution is -2.27. The van der Waals surface area contributed by atoms with Crippen molar-refractivity contribution in [2.45, 2.75) is 13.5 Å². The molecule has 0 unspecified atom stereocenters. The molecule has 0 aliphatic carbocycles. The average molecular weight is 522 g/mol. The Labute approximate surface area is 213 Å². The van der Waals surface area contributed by atoms with E-state index in [1.807, 2.05) is 0 Å². The zero-order chi connectivity index (χ0) is 25.4.